The van der Waals surface area contributed by atoms with Gasteiger partial charge < -0.3 is 5.32 Å². The lowest BCUT2D eigenvalue weighted by atomic mass is 10.0. The minimum absolute atomic E-state index is 0.902. The van der Waals surface area contributed by atoms with E-state index in [1.807, 2.05) is 17.9 Å². The van der Waals surface area contributed by atoms with Crippen molar-refractivity contribution in [2.24, 2.45) is 13.0 Å². The Hall–Kier alpha value is -0.830. The Morgan fingerprint density at radius 2 is 2.06 bits per heavy atom. The maximum Gasteiger partial charge on any atom is 0.0534 e. The smallest absolute Gasteiger partial charge is 0.0534 e. The molecule has 0 spiro atoms. The molecular formula is C13H23N3. The van der Waals surface area contributed by atoms with Crippen molar-refractivity contribution in [2.75, 3.05) is 6.54 Å². The van der Waals surface area contributed by atoms with E-state index in [4.69, 9.17) is 0 Å². The molecule has 0 radical (unpaired) electrons. The van der Waals surface area contributed by atoms with Crippen LogP contribution in [0.1, 0.15) is 44.1 Å². The van der Waals surface area contributed by atoms with Crippen LogP contribution in [0, 0.1) is 5.92 Å². The molecule has 0 unspecified atom stereocenters. The van der Waals surface area contributed by atoms with Crippen LogP contribution in [0.3, 0.4) is 0 Å². The Morgan fingerprint density at radius 1 is 1.31 bits per heavy atom. The fourth-order valence-corrected chi connectivity index (χ4v) is 2.55. The van der Waals surface area contributed by atoms with E-state index in [0.717, 1.165) is 12.5 Å². The number of nitrogens with one attached hydrogen (secondary N) is 1. The monoisotopic (exact) mass is 221 g/mol. The van der Waals surface area contributed by atoms with Crippen molar-refractivity contribution in [2.45, 2.75) is 45.1 Å². The molecule has 3 heteroatoms. The molecule has 0 atom stereocenters. The molecule has 0 saturated heterocycles. The molecule has 16 heavy (non-hydrogen) atoms. The number of hydrogen-bond donors (Lipinski definition) is 1. The van der Waals surface area contributed by atoms with Crippen molar-refractivity contribution >= 4 is 0 Å². The molecule has 1 aromatic rings. The molecule has 0 aliphatic heterocycles. The molecule has 1 aromatic heterocycles. The van der Waals surface area contributed by atoms with Crippen molar-refractivity contribution in [3.8, 4) is 0 Å². The van der Waals surface area contributed by atoms with Gasteiger partial charge in [0.1, 0.15) is 0 Å². The standard InChI is InChI=1S/C13H23N3/c1-16-11-13(10-15-16)9-14-8-12-6-4-2-3-5-7-12/h10-12,14H,2-9H2,1H3. The molecule has 1 aliphatic carbocycles. The third kappa shape index (κ3) is 3.63. The highest BCUT2D eigenvalue weighted by molar-refractivity contribution is 5.02. The predicted molar refractivity (Wildman–Crippen MR) is 66.1 cm³/mol. The molecule has 1 saturated carbocycles. The fourth-order valence-electron chi connectivity index (χ4n) is 2.55. The quantitative estimate of drug-likeness (QED) is 0.792. The molecular weight excluding hydrogens is 198 g/mol. The zero-order valence-corrected chi connectivity index (χ0v) is 10.3. The lowest BCUT2D eigenvalue weighted by Crippen LogP contribution is -2.22. The topological polar surface area (TPSA) is 29.9 Å². The number of hydrogen-bond acceptors (Lipinski definition) is 2. The van der Waals surface area contributed by atoms with Crippen LogP contribution in [0.15, 0.2) is 12.4 Å². The second-order valence-corrected chi connectivity index (χ2v) is 5.01. The van der Waals surface area contributed by atoms with E-state index < -0.39 is 0 Å². The zero-order valence-electron chi connectivity index (χ0n) is 10.3. The summed E-state index contributed by atoms with van der Waals surface area (Å²) in [4.78, 5) is 0. The maximum atomic E-state index is 4.17. The normalized spacial score (nSPS) is 18.6. The van der Waals surface area contributed by atoms with Gasteiger partial charge in [0.25, 0.3) is 0 Å². The third-order valence-corrected chi connectivity index (χ3v) is 3.50. The molecule has 2 rings (SSSR count). The summed E-state index contributed by atoms with van der Waals surface area (Å²) in [6.07, 6.45) is 12.6. The van der Waals surface area contributed by atoms with E-state index >= 15 is 0 Å². The van der Waals surface area contributed by atoms with Gasteiger partial charge in [-0.2, -0.15) is 5.10 Å². The van der Waals surface area contributed by atoms with Crippen LogP contribution in [-0.2, 0) is 13.6 Å². The van der Waals surface area contributed by atoms with E-state index in [2.05, 4.69) is 16.6 Å². The number of rotatable bonds is 4. The highest BCUT2D eigenvalue weighted by Gasteiger charge is 2.11. The average molecular weight is 221 g/mol. The molecule has 90 valence electrons. The molecule has 0 bridgehead atoms. The van der Waals surface area contributed by atoms with Crippen LogP contribution in [-0.4, -0.2) is 16.3 Å². The van der Waals surface area contributed by atoms with E-state index in [9.17, 15) is 0 Å². The Bertz CT molecular complexity index is 298. The second kappa shape index (κ2) is 6.04. The van der Waals surface area contributed by atoms with E-state index in [1.165, 1.54) is 50.6 Å². The maximum absolute atomic E-state index is 4.17. The minimum Gasteiger partial charge on any atom is -0.312 e. The summed E-state index contributed by atoms with van der Waals surface area (Å²) in [6.45, 7) is 2.14. The van der Waals surface area contributed by atoms with Crippen molar-refractivity contribution < 1.29 is 0 Å². The van der Waals surface area contributed by atoms with Gasteiger partial charge in [0, 0.05) is 25.4 Å². The summed E-state index contributed by atoms with van der Waals surface area (Å²) >= 11 is 0. The van der Waals surface area contributed by atoms with E-state index in [0.29, 0.717) is 0 Å². The first-order valence-corrected chi connectivity index (χ1v) is 6.53. The van der Waals surface area contributed by atoms with E-state index in [-0.39, 0.29) is 0 Å². The molecule has 1 fully saturated rings. The average Bonchev–Trinajstić information content (AvgIpc) is 2.54. The first kappa shape index (κ1) is 11.6. The van der Waals surface area contributed by atoms with Gasteiger partial charge in [0.05, 0.1) is 6.20 Å². The van der Waals surface area contributed by atoms with E-state index in [1.54, 1.807) is 0 Å². The minimum atomic E-state index is 0.902. The van der Waals surface area contributed by atoms with Crippen molar-refractivity contribution in [1.29, 1.82) is 0 Å². The molecule has 0 amide bonds. The molecule has 1 heterocycles. The SMILES string of the molecule is Cn1cc(CNCC2CCCCCC2)cn1. The second-order valence-electron chi connectivity index (χ2n) is 5.01. The largest absolute Gasteiger partial charge is 0.312 e. The first-order valence-electron chi connectivity index (χ1n) is 6.53. The molecule has 1 aliphatic rings. The van der Waals surface area contributed by atoms with Crippen LogP contribution in [0.25, 0.3) is 0 Å². The zero-order chi connectivity index (χ0) is 11.2. The third-order valence-electron chi connectivity index (χ3n) is 3.50. The number of nitrogens with zero attached hydrogens (tertiary/aromatic N) is 2. The molecule has 3 nitrogen and oxygen atoms in total. The molecule has 1 N–H and O–H groups in total. The van der Waals surface area contributed by atoms with Gasteiger partial charge in [-0.15, -0.1) is 0 Å². The highest BCUT2D eigenvalue weighted by atomic mass is 15.2. The van der Waals surface area contributed by atoms with Gasteiger partial charge >= 0.3 is 0 Å². The van der Waals surface area contributed by atoms with Crippen molar-refractivity contribution in [3.63, 3.8) is 0 Å². The molecule has 0 aromatic carbocycles. The van der Waals surface area contributed by atoms with Gasteiger partial charge in [0.15, 0.2) is 0 Å². The van der Waals surface area contributed by atoms with Crippen molar-refractivity contribution in [1.82, 2.24) is 15.1 Å². The summed E-state index contributed by atoms with van der Waals surface area (Å²) in [6, 6.07) is 0. The lowest BCUT2D eigenvalue weighted by Gasteiger charge is -2.14. The Morgan fingerprint density at radius 3 is 2.69 bits per heavy atom. The van der Waals surface area contributed by atoms with Gasteiger partial charge in [-0.25, -0.2) is 0 Å². The lowest BCUT2D eigenvalue weighted by molar-refractivity contribution is 0.425. The van der Waals surface area contributed by atoms with Gasteiger partial charge in [-0.05, 0) is 25.3 Å². The van der Waals surface area contributed by atoms with Crippen molar-refractivity contribution in [3.05, 3.63) is 18.0 Å². The van der Waals surface area contributed by atoms with Gasteiger partial charge in [-0.3, -0.25) is 4.68 Å². The summed E-state index contributed by atoms with van der Waals surface area (Å²) in [5.41, 5.74) is 1.29. The predicted octanol–water partition coefficient (Wildman–Crippen LogP) is 2.48. The Kier molecular flexibility index (Phi) is 4.40. The van der Waals surface area contributed by atoms with Crippen LogP contribution in [0.2, 0.25) is 0 Å². The van der Waals surface area contributed by atoms with Gasteiger partial charge in [-0.1, -0.05) is 25.7 Å². The first-order chi connectivity index (χ1) is 7.84. The number of aryl methyl sites for hydroxylation is 1. The summed E-state index contributed by atoms with van der Waals surface area (Å²) in [5.74, 6) is 0.902. The Labute approximate surface area is 98.2 Å². The Balaban J connectivity index is 1.67. The van der Waals surface area contributed by atoms with Crippen LogP contribution in [0.4, 0.5) is 0 Å². The fraction of sp³-hybridized carbons (Fsp3) is 0.769. The highest BCUT2D eigenvalue weighted by Crippen LogP contribution is 2.22. The summed E-state index contributed by atoms with van der Waals surface area (Å²) in [5, 5.41) is 7.73. The summed E-state index contributed by atoms with van der Waals surface area (Å²) in [7, 11) is 1.97. The van der Waals surface area contributed by atoms with Crippen LogP contribution >= 0.6 is 0 Å². The van der Waals surface area contributed by atoms with Crippen LogP contribution in [0.5, 0.6) is 0 Å². The number of aromatic nitrogens is 2. The van der Waals surface area contributed by atoms with Gasteiger partial charge in [0.2, 0.25) is 0 Å². The van der Waals surface area contributed by atoms with Crippen LogP contribution < -0.4 is 5.32 Å². The summed E-state index contributed by atoms with van der Waals surface area (Å²) < 4.78 is 1.86.